The molecule has 1 aromatic rings. The largest absolute Gasteiger partial charge is 0.310 e. The number of unbranched alkanes of at least 4 members (excludes halogenated alkanes) is 1. The number of halogens is 2. The maximum atomic E-state index is 13.4. The molecule has 0 aliphatic carbocycles. The van der Waals surface area contributed by atoms with Gasteiger partial charge in [0, 0.05) is 12.6 Å². The number of hydrogen-bond acceptors (Lipinski definition) is 1. The van der Waals surface area contributed by atoms with Gasteiger partial charge in [0.1, 0.15) is 5.82 Å². The lowest BCUT2D eigenvalue weighted by molar-refractivity contribution is 0.433. The quantitative estimate of drug-likeness (QED) is 0.709. The lowest BCUT2D eigenvalue weighted by Crippen LogP contribution is -2.28. The summed E-state index contributed by atoms with van der Waals surface area (Å²) in [5.74, 6) is -0.185. The fourth-order valence-corrected chi connectivity index (χ4v) is 2.31. The average molecular weight is 316 g/mol. The maximum Gasteiger partial charge on any atom is 0.137 e. The first-order valence-electron chi connectivity index (χ1n) is 6.84. The van der Waals surface area contributed by atoms with Crippen molar-refractivity contribution in [1.29, 1.82) is 0 Å². The molecular weight excluding hydrogens is 293 g/mol. The summed E-state index contributed by atoms with van der Waals surface area (Å²) in [5.41, 5.74) is 1.01. The lowest BCUT2D eigenvalue weighted by Gasteiger charge is -2.18. The van der Waals surface area contributed by atoms with Gasteiger partial charge in [-0.25, -0.2) is 4.39 Å². The van der Waals surface area contributed by atoms with Gasteiger partial charge in [0.15, 0.2) is 0 Å². The summed E-state index contributed by atoms with van der Waals surface area (Å²) < 4.78 is 13.9. The van der Waals surface area contributed by atoms with E-state index >= 15 is 0 Å². The van der Waals surface area contributed by atoms with Crippen LogP contribution in [-0.2, 0) is 6.54 Å². The van der Waals surface area contributed by atoms with Gasteiger partial charge in [0.2, 0.25) is 0 Å². The molecule has 0 heterocycles. The molecule has 0 radical (unpaired) electrons. The molecule has 18 heavy (non-hydrogen) atoms. The molecule has 0 spiro atoms. The van der Waals surface area contributed by atoms with Crippen molar-refractivity contribution < 1.29 is 4.39 Å². The molecule has 3 heteroatoms. The van der Waals surface area contributed by atoms with E-state index in [0.29, 0.717) is 10.5 Å². The van der Waals surface area contributed by atoms with E-state index < -0.39 is 0 Å². The van der Waals surface area contributed by atoms with Crippen LogP contribution in [0.4, 0.5) is 4.39 Å². The van der Waals surface area contributed by atoms with Gasteiger partial charge >= 0.3 is 0 Å². The maximum absolute atomic E-state index is 13.4. The van der Waals surface area contributed by atoms with Crippen molar-refractivity contribution >= 4 is 15.9 Å². The minimum Gasteiger partial charge on any atom is -0.310 e. The highest BCUT2D eigenvalue weighted by Gasteiger charge is 2.07. The zero-order valence-electron chi connectivity index (χ0n) is 11.3. The average Bonchev–Trinajstić information content (AvgIpc) is 2.37. The molecule has 0 bridgehead atoms. The Hall–Kier alpha value is -0.410. The van der Waals surface area contributed by atoms with Crippen molar-refractivity contribution in [2.75, 3.05) is 0 Å². The molecule has 0 amide bonds. The van der Waals surface area contributed by atoms with Crippen molar-refractivity contribution in [3.05, 3.63) is 34.1 Å². The molecule has 0 saturated carbocycles. The second-order valence-corrected chi connectivity index (χ2v) is 5.61. The van der Waals surface area contributed by atoms with Gasteiger partial charge in [-0.3, -0.25) is 0 Å². The molecule has 1 nitrogen and oxygen atoms in total. The van der Waals surface area contributed by atoms with E-state index in [9.17, 15) is 4.39 Å². The summed E-state index contributed by atoms with van der Waals surface area (Å²) in [6.45, 7) is 5.17. The van der Waals surface area contributed by atoms with Crippen LogP contribution in [0.25, 0.3) is 0 Å². The summed E-state index contributed by atoms with van der Waals surface area (Å²) in [6, 6.07) is 5.89. The molecular formula is C15H23BrFN. The number of rotatable bonds is 8. The van der Waals surface area contributed by atoms with Gasteiger partial charge in [-0.1, -0.05) is 39.2 Å². The minimum atomic E-state index is -0.185. The highest BCUT2D eigenvalue weighted by molar-refractivity contribution is 9.10. The second kappa shape index (κ2) is 8.65. The lowest BCUT2D eigenvalue weighted by atomic mass is 10.0. The molecule has 0 fully saturated rings. The third-order valence-corrected chi connectivity index (χ3v) is 3.77. The van der Waals surface area contributed by atoms with E-state index in [-0.39, 0.29) is 5.82 Å². The monoisotopic (exact) mass is 315 g/mol. The topological polar surface area (TPSA) is 12.0 Å². The van der Waals surface area contributed by atoms with Gasteiger partial charge in [-0.05, 0) is 46.5 Å². The van der Waals surface area contributed by atoms with Crippen LogP contribution in [0, 0.1) is 5.82 Å². The second-order valence-electron chi connectivity index (χ2n) is 4.76. The number of nitrogens with one attached hydrogen (secondary N) is 1. The molecule has 1 atom stereocenters. The van der Waals surface area contributed by atoms with E-state index in [1.807, 2.05) is 6.07 Å². The van der Waals surface area contributed by atoms with Crippen LogP contribution < -0.4 is 5.32 Å². The highest BCUT2D eigenvalue weighted by Crippen LogP contribution is 2.16. The summed E-state index contributed by atoms with van der Waals surface area (Å²) >= 11 is 3.17. The van der Waals surface area contributed by atoms with Crippen LogP contribution >= 0.6 is 15.9 Å². The summed E-state index contributed by atoms with van der Waals surface area (Å²) in [7, 11) is 0. The molecule has 1 N–H and O–H groups in total. The molecule has 1 aromatic carbocycles. The van der Waals surface area contributed by atoms with Gasteiger partial charge in [0.25, 0.3) is 0 Å². The van der Waals surface area contributed by atoms with Crippen LogP contribution in [0.3, 0.4) is 0 Å². The Morgan fingerprint density at radius 2 is 2.00 bits per heavy atom. The standard InChI is InChI=1S/C15H23BrFN/c1-3-5-7-13(6-4-2)18-11-12-8-9-14(16)15(17)10-12/h8-10,13,18H,3-7,11H2,1-2H3. The Bertz CT molecular complexity index is 354. The summed E-state index contributed by atoms with van der Waals surface area (Å²) in [4.78, 5) is 0. The van der Waals surface area contributed by atoms with Crippen LogP contribution in [0.5, 0.6) is 0 Å². The summed E-state index contributed by atoms with van der Waals surface area (Å²) in [5, 5.41) is 3.54. The van der Waals surface area contributed by atoms with Crippen LogP contribution in [-0.4, -0.2) is 6.04 Å². The van der Waals surface area contributed by atoms with Crippen molar-refractivity contribution in [1.82, 2.24) is 5.32 Å². The first-order chi connectivity index (χ1) is 8.67. The third kappa shape index (κ3) is 5.49. The SMILES string of the molecule is CCCCC(CCC)NCc1ccc(Br)c(F)c1. The number of hydrogen-bond donors (Lipinski definition) is 1. The van der Waals surface area contributed by atoms with Crippen LogP contribution in [0.15, 0.2) is 22.7 Å². The van der Waals surface area contributed by atoms with E-state index in [4.69, 9.17) is 0 Å². The van der Waals surface area contributed by atoms with Gasteiger partial charge in [0.05, 0.1) is 4.47 Å². The van der Waals surface area contributed by atoms with E-state index in [0.717, 1.165) is 12.1 Å². The molecule has 0 aliphatic heterocycles. The van der Waals surface area contributed by atoms with E-state index in [2.05, 4.69) is 35.1 Å². The normalized spacial score (nSPS) is 12.7. The van der Waals surface area contributed by atoms with Gasteiger partial charge < -0.3 is 5.32 Å². The van der Waals surface area contributed by atoms with Crippen molar-refractivity contribution in [3.63, 3.8) is 0 Å². The van der Waals surface area contributed by atoms with Gasteiger partial charge in [-0.2, -0.15) is 0 Å². The predicted octanol–water partition coefficient (Wildman–Crippen LogP) is 5.04. The zero-order valence-corrected chi connectivity index (χ0v) is 12.9. The fourth-order valence-electron chi connectivity index (χ4n) is 2.06. The van der Waals surface area contributed by atoms with Crippen molar-refractivity contribution in [3.8, 4) is 0 Å². The van der Waals surface area contributed by atoms with Crippen LogP contribution in [0.2, 0.25) is 0 Å². The molecule has 1 unspecified atom stereocenters. The van der Waals surface area contributed by atoms with E-state index in [1.54, 1.807) is 12.1 Å². The summed E-state index contributed by atoms with van der Waals surface area (Å²) in [6.07, 6.45) is 6.08. The fraction of sp³-hybridized carbons (Fsp3) is 0.600. The van der Waals surface area contributed by atoms with Crippen molar-refractivity contribution in [2.24, 2.45) is 0 Å². The first kappa shape index (κ1) is 15.6. The Morgan fingerprint density at radius 1 is 1.22 bits per heavy atom. The predicted molar refractivity (Wildman–Crippen MR) is 79.2 cm³/mol. The van der Waals surface area contributed by atoms with Gasteiger partial charge in [-0.15, -0.1) is 0 Å². The Labute approximate surface area is 118 Å². The third-order valence-electron chi connectivity index (χ3n) is 3.12. The molecule has 102 valence electrons. The molecule has 0 saturated heterocycles. The van der Waals surface area contributed by atoms with Crippen molar-refractivity contribution in [2.45, 2.75) is 58.5 Å². The zero-order chi connectivity index (χ0) is 13.4. The number of benzene rings is 1. The van der Waals surface area contributed by atoms with E-state index in [1.165, 1.54) is 32.1 Å². The smallest absolute Gasteiger partial charge is 0.137 e. The highest BCUT2D eigenvalue weighted by atomic mass is 79.9. The Kier molecular flexibility index (Phi) is 7.52. The molecule has 0 aromatic heterocycles. The minimum absolute atomic E-state index is 0.185. The van der Waals surface area contributed by atoms with Crippen LogP contribution in [0.1, 0.15) is 51.5 Å². The Morgan fingerprint density at radius 3 is 2.61 bits per heavy atom. The Balaban J connectivity index is 2.47. The molecule has 0 aliphatic rings. The first-order valence-corrected chi connectivity index (χ1v) is 7.64. The molecule has 1 rings (SSSR count).